The van der Waals surface area contributed by atoms with E-state index in [1.54, 1.807) is 0 Å². The van der Waals surface area contributed by atoms with Crippen LogP contribution in [0, 0.1) is 5.92 Å². The van der Waals surface area contributed by atoms with Gasteiger partial charge in [0.15, 0.2) is 9.84 Å². The zero-order valence-electron chi connectivity index (χ0n) is 14.5. The molecule has 3 atom stereocenters. The molecule has 0 aliphatic carbocycles. The Kier molecular flexibility index (Phi) is 5.99. The van der Waals surface area contributed by atoms with E-state index in [-0.39, 0.29) is 6.04 Å². The first-order valence-electron chi connectivity index (χ1n) is 9.30. The van der Waals surface area contributed by atoms with E-state index in [2.05, 4.69) is 16.7 Å². The fraction of sp³-hybridized carbons (Fsp3) is 1.00. The number of nitrogens with zero attached hydrogens (tertiary/aromatic N) is 2. The van der Waals surface area contributed by atoms with Crippen molar-refractivity contribution in [2.24, 2.45) is 5.92 Å². The van der Waals surface area contributed by atoms with E-state index in [4.69, 9.17) is 4.74 Å². The second kappa shape index (κ2) is 7.81. The van der Waals surface area contributed by atoms with Gasteiger partial charge in [0.2, 0.25) is 0 Å². The fourth-order valence-corrected chi connectivity index (χ4v) is 6.06. The number of hydrogen-bond donors (Lipinski definition) is 0. The molecular weight excluding hydrogens is 312 g/mol. The van der Waals surface area contributed by atoms with Crippen LogP contribution in [-0.4, -0.2) is 81.2 Å². The van der Waals surface area contributed by atoms with E-state index in [0.717, 1.165) is 51.4 Å². The topological polar surface area (TPSA) is 49.9 Å². The summed E-state index contributed by atoms with van der Waals surface area (Å²) in [5.74, 6) is 1.50. The lowest BCUT2D eigenvalue weighted by Crippen LogP contribution is -2.46. The Morgan fingerprint density at radius 3 is 2.74 bits per heavy atom. The van der Waals surface area contributed by atoms with Crippen molar-refractivity contribution in [3.05, 3.63) is 0 Å². The Labute approximate surface area is 141 Å². The predicted molar refractivity (Wildman–Crippen MR) is 92.4 cm³/mol. The average molecular weight is 345 g/mol. The molecule has 3 saturated heterocycles. The third kappa shape index (κ3) is 5.15. The summed E-state index contributed by atoms with van der Waals surface area (Å²) in [7, 11) is -2.82. The van der Waals surface area contributed by atoms with Crippen molar-refractivity contribution < 1.29 is 13.2 Å². The molecule has 0 N–H and O–H groups in total. The van der Waals surface area contributed by atoms with Gasteiger partial charge in [-0.2, -0.15) is 0 Å². The Bertz CT molecular complexity index is 476. The molecule has 23 heavy (non-hydrogen) atoms. The van der Waals surface area contributed by atoms with Gasteiger partial charge in [0.1, 0.15) is 0 Å². The summed E-state index contributed by atoms with van der Waals surface area (Å²) in [6.07, 6.45) is 6.01. The van der Waals surface area contributed by atoms with Gasteiger partial charge in [0, 0.05) is 38.8 Å². The summed E-state index contributed by atoms with van der Waals surface area (Å²) in [6, 6.07) is 0.200. The van der Waals surface area contributed by atoms with Crippen LogP contribution in [0.4, 0.5) is 0 Å². The van der Waals surface area contributed by atoms with Crippen LogP contribution in [0.1, 0.15) is 39.0 Å². The minimum atomic E-state index is -2.82. The molecule has 0 aromatic heterocycles. The summed E-state index contributed by atoms with van der Waals surface area (Å²) in [4.78, 5) is 4.97. The molecule has 5 nitrogen and oxygen atoms in total. The number of likely N-dealkylation sites (tertiary alicyclic amines) is 1. The molecule has 0 radical (unpaired) electrons. The quantitative estimate of drug-likeness (QED) is 0.729. The molecule has 0 saturated carbocycles. The lowest BCUT2D eigenvalue weighted by molar-refractivity contribution is 0.0531. The molecule has 3 aliphatic rings. The SMILES string of the molecule is C[C@@H]1CCCN(CCN(C[C@H]2CCCO2)[C@H]2CCS(=O)(=O)C2)C1. The van der Waals surface area contributed by atoms with Gasteiger partial charge in [-0.25, -0.2) is 8.42 Å². The van der Waals surface area contributed by atoms with Crippen molar-refractivity contribution in [2.45, 2.75) is 51.2 Å². The van der Waals surface area contributed by atoms with Gasteiger partial charge in [-0.15, -0.1) is 0 Å². The number of piperidine rings is 1. The van der Waals surface area contributed by atoms with Crippen LogP contribution in [-0.2, 0) is 14.6 Å². The molecule has 3 heterocycles. The van der Waals surface area contributed by atoms with E-state index in [0.29, 0.717) is 17.6 Å². The van der Waals surface area contributed by atoms with Crippen molar-refractivity contribution >= 4 is 9.84 Å². The first-order chi connectivity index (χ1) is 11.0. The molecule has 0 amide bonds. The Morgan fingerprint density at radius 1 is 1.22 bits per heavy atom. The summed E-state index contributed by atoms with van der Waals surface area (Å²) in [6.45, 7) is 8.53. The maximum atomic E-state index is 11.9. The Balaban J connectivity index is 1.55. The summed E-state index contributed by atoms with van der Waals surface area (Å²) >= 11 is 0. The summed E-state index contributed by atoms with van der Waals surface area (Å²) < 4.78 is 29.5. The lowest BCUT2D eigenvalue weighted by atomic mass is 10.0. The van der Waals surface area contributed by atoms with E-state index >= 15 is 0 Å². The molecule has 0 unspecified atom stereocenters. The first kappa shape index (κ1) is 17.6. The molecule has 0 aromatic carbocycles. The van der Waals surface area contributed by atoms with Gasteiger partial charge >= 0.3 is 0 Å². The monoisotopic (exact) mass is 344 g/mol. The van der Waals surface area contributed by atoms with E-state index in [1.807, 2.05) is 0 Å². The van der Waals surface area contributed by atoms with Crippen molar-refractivity contribution in [3.8, 4) is 0 Å². The molecule has 0 spiro atoms. The van der Waals surface area contributed by atoms with E-state index < -0.39 is 9.84 Å². The van der Waals surface area contributed by atoms with Gasteiger partial charge in [0.05, 0.1) is 17.6 Å². The molecule has 3 aliphatic heterocycles. The minimum Gasteiger partial charge on any atom is -0.377 e. The molecule has 0 aromatic rings. The number of rotatable bonds is 6. The predicted octanol–water partition coefficient (Wildman–Crippen LogP) is 1.39. The third-order valence-corrected chi connectivity index (χ3v) is 7.38. The Hall–Kier alpha value is -0.170. The van der Waals surface area contributed by atoms with Crippen LogP contribution in [0.5, 0.6) is 0 Å². The van der Waals surface area contributed by atoms with Crippen LogP contribution in [0.3, 0.4) is 0 Å². The molecular formula is C17H32N2O3S. The second-order valence-electron chi connectivity index (χ2n) is 7.73. The standard InChI is InChI=1S/C17H32N2O3S/c1-15-4-2-7-18(12-15)8-9-19(13-17-5-3-10-22-17)16-6-11-23(20,21)14-16/h15-17H,2-14H2,1H3/t15-,16+,17-/m1/s1. The summed E-state index contributed by atoms with van der Waals surface area (Å²) in [5.41, 5.74) is 0. The maximum absolute atomic E-state index is 11.9. The fourth-order valence-electron chi connectivity index (χ4n) is 4.30. The van der Waals surface area contributed by atoms with Crippen molar-refractivity contribution in [3.63, 3.8) is 0 Å². The van der Waals surface area contributed by atoms with E-state index in [9.17, 15) is 8.42 Å². The van der Waals surface area contributed by atoms with Gasteiger partial charge in [-0.3, -0.25) is 4.90 Å². The minimum absolute atomic E-state index is 0.200. The van der Waals surface area contributed by atoms with Crippen LogP contribution < -0.4 is 0 Å². The third-order valence-electron chi connectivity index (χ3n) is 5.63. The maximum Gasteiger partial charge on any atom is 0.151 e. The van der Waals surface area contributed by atoms with Crippen molar-refractivity contribution in [1.29, 1.82) is 0 Å². The highest BCUT2D eigenvalue weighted by atomic mass is 32.2. The molecule has 134 valence electrons. The number of ether oxygens (including phenoxy) is 1. The largest absolute Gasteiger partial charge is 0.377 e. The van der Waals surface area contributed by atoms with E-state index in [1.165, 1.54) is 25.9 Å². The van der Waals surface area contributed by atoms with Gasteiger partial charge in [-0.05, 0) is 44.6 Å². The highest BCUT2D eigenvalue weighted by Crippen LogP contribution is 2.22. The van der Waals surface area contributed by atoms with Gasteiger partial charge in [-0.1, -0.05) is 6.92 Å². The van der Waals surface area contributed by atoms with Crippen LogP contribution in [0.25, 0.3) is 0 Å². The Morgan fingerprint density at radius 2 is 2.09 bits per heavy atom. The second-order valence-corrected chi connectivity index (χ2v) is 9.96. The zero-order chi connectivity index (χ0) is 16.3. The zero-order valence-corrected chi connectivity index (χ0v) is 15.3. The van der Waals surface area contributed by atoms with Crippen molar-refractivity contribution in [2.75, 3.05) is 50.8 Å². The van der Waals surface area contributed by atoms with Crippen LogP contribution >= 0.6 is 0 Å². The highest BCUT2D eigenvalue weighted by molar-refractivity contribution is 7.91. The molecule has 6 heteroatoms. The van der Waals surface area contributed by atoms with Crippen LogP contribution in [0.15, 0.2) is 0 Å². The number of sulfone groups is 1. The smallest absolute Gasteiger partial charge is 0.151 e. The normalized spacial score (nSPS) is 35.1. The van der Waals surface area contributed by atoms with Crippen LogP contribution in [0.2, 0.25) is 0 Å². The highest BCUT2D eigenvalue weighted by Gasteiger charge is 2.34. The first-order valence-corrected chi connectivity index (χ1v) is 11.1. The average Bonchev–Trinajstić information content (AvgIpc) is 3.13. The number of hydrogen-bond acceptors (Lipinski definition) is 5. The van der Waals surface area contributed by atoms with Gasteiger partial charge in [0.25, 0.3) is 0 Å². The molecule has 3 rings (SSSR count). The van der Waals surface area contributed by atoms with Gasteiger partial charge < -0.3 is 9.64 Å². The molecule has 0 bridgehead atoms. The van der Waals surface area contributed by atoms with Crippen molar-refractivity contribution in [1.82, 2.24) is 9.80 Å². The molecule has 3 fully saturated rings. The lowest BCUT2D eigenvalue weighted by Gasteiger charge is -2.35. The summed E-state index contributed by atoms with van der Waals surface area (Å²) in [5, 5.41) is 0.